The van der Waals surface area contributed by atoms with E-state index in [1.807, 2.05) is 0 Å². The van der Waals surface area contributed by atoms with Gasteiger partial charge in [0, 0.05) is 12.0 Å². The molecule has 0 aliphatic heterocycles. The highest BCUT2D eigenvalue weighted by Crippen LogP contribution is 2.04. The van der Waals surface area contributed by atoms with Crippen molar-refractivity contribution < 1.29 is 14.3 Å². The maximum Gasteiger partial charge on any atom is 0.303 e. The van der Waals surface area contributed by atoms with Crippen LogP contribution in [0.25, 0.3) is 0 Å². The SMILES string of the molecule is O=C(O)CCc1cn[nH]c1F. The summed E-state index contributed by atoms with van der Waals surface area (Å²) in [6, 6.07) is 0. The van der Waals surface area contributed by atoms with Crippen LogP contribution in [0.2, 0.25) is 0 Å². The normalized spacial score (nSPS) is 9.91. The van der Waals surface area contributed by atoms with Gasteiger partial charge in [-0.25, -0.2) is 0 Å². The Labute approximate surface area is 62.0 Å². The minimum absolute atomic E-state index is 0.0730. The molecular weight excluding hydrogens is 151 g/mol. The number of rotatable bonds is 3. The van der Waals surface area contributed by atoms with Gasteiger partial charge in [-0.2, -0.15) is 9.49 Å². The molecule has 0 aliphatic carbocycles. The zero-order chi connectivity index (χ0) is 8.27. The average molecular weight is 158 g/mol. The molecule has 0 saturated heterocycles. The van der Waals surface area contributed by atoms with Gasteiger partial charge in [0.05, 0.1) is 6.20 Å². The van der Waals surface area contributed by atoms with E-state index < -0.39 is 11.9 Å². The van der Waals surface area contributed by atoms with Crippen molar-refractivity contribution in [2.24, 2.45) is 0 Å². The average Bonchev–Trinajstić information content (AvgIpc) is 2.31. The van der Waals surface area contributed by atoms with Crippen molar-refractivity contribution in [3.05, 3.63) is 17.7 Å². The summed E-state index contributed by atoms with van der Waals surface area (Å²) in [6.07, 6.45) is 1.40. The van der Waals surface area contributed by atoms with Gasteiger partial charge >= 0.3 is 5.97 Å². The molecule has 11 heavy (non-hydrogen) atoms. The molecule has 1 aromatic heterocycles. The number of aliphatic carboxylic acids is 1. The number of hydrogen-bond acceptors (Lipinski definition) is 2. The number of aromatic amines is 1. The number of aromatic nitrogens is 2. The second-order valence-electron chi connectivity index (χ2n) is 2.10. The van der Waals surface area contributed by atoms with E-state index in [0.29, 0.717) is 5.56 Å². The van der Waals surface area contributed by atoms with E-state index in [4.69, 9.17) is 5.11 Å². The van der Waals surface area contributed by atoms with Crippen LogP contribution in [0.1, 0.15) is 12.0 Å². The zero-order valence-corrected chi connectivity index (χ0v) is 5.67. The van der Waals surface area contributed by atoms with Crippen LogP contribution in [-0.2, 0) is 11.2 Å². The summed E-state index contributed by atoms with van der Waals surface area (Å²) in [5.41, 5.74) is 0.312. The van der Waals surface area contributed by atoms with Crippen molar-refractivity contribution in [3.63, 3.8) is 0 Å². The number of carboxylic acids is 1. The van der Waals surface area contributed by atoms with Gasteiger partial charge < -0.3 is 5.11 Å². The summed E-state index contributed by atoms with van der Waals surface area (Å²) in [5.74, 6) is -1.49. The third-order valence-corrected chi connectivity index (χ3v) is 1.27. The fourth-order valence-corrected chi connectivity index (χ4v) is 0.711. The molecule has 0 aliphatic rings. The third kappa shape index (κ3) is 2.03. The molecule has 0 aromatic carbocycles. The largest absolute Gasteiger partial charge is 0.481 e. The summed E-state index contributed by atoms with van der Waals surface area (Å²) in [4.78, 5) is 10.1. The van der Waals surface area contributed by atoms with Crippen LogP contribution in [0.3, 0.4) is 0 Å². The predicted molar refractivity (Wildman–Crippen MR) is 34.5 cm³/mol. The Morgan fingerprint density at radius 2 is 2.55 bits per heavy atom. The van der Waals surface area contributed by atoms with E-state index in [0.717, 1.165) is 0 Å². The Morgan fingerprint density at radius 1 is 1.82 bits per heavy atom. The van der Waals surface area contributed by atoms with Gasteiger partial charge in [-0.05, 0) is 6.42 Å². The van der Waals surface area contributed by atoms with Crippen molar-refractivity contribution in [1.82, 2.24) is 10.2 Å². The summed E-state index contributed by atoms with van der Waals surface area (Å²) in [5, 5.41) is 13.7. The molecule has 1 rings (SSSR count). The molecule has 0 amide bonds. The van der Waals surface area contributed by atoms with Gasteiger partial charge in [-0.3, -0.25) is 9.89 Å². The Morgan fingerprint density at radius 3 is 3.00 bits per heavy atom. The van der Waals surface area contributed by atoms with Crippen LogP contribution in [0.5, 0.6) is 0 Å². The minimum atomic E-state index is -0.939. The molecule has 5 heteroatoms. The van der Waals surface area contributed by atoms with Crippen LogP contribution in [0.4, 0.5) is 4.39 Å². The second kappa shape index (κ2) is 3.14. The molecule has 0 fully saturated rings. The first-order chi connectivity index (χ1) is 5.20. The van der Waals surface area contributed by atoms with Gasteiger partial charge in [-0.15, -0.1) is 0 Å². The highest BCUT2D eigenvalue weighted by molar-refractivity contribution is 5.67. The second-order valence-corrected chi connectivity index (χ2v) is 2.10. The molecule has 0 unspecified atom stereocenters. The van der Waals surface area contributed by atoms with Crippen molar-refractivity contribution in [2.45, 2.75) is 12.8 Å². The van der Waals surface area contributed by atoms with Crippen LogP contribution in [0, 0.1) is 5.95 Å². The van der Waals surface area contributed by atoms with E-state index in [1.165, 1.54) is 6.20 Å². The fraction of sp³-hybridized carbons (Fsp3) is 0.333. The highest BCUT2D eigenvalue weighted by Gasteiger charge is 2.05. The number of halogens is 1. The summed E-state index contributed by atoms with van der Waals surface area (Å²) in [7, 11) is 0. The number of carbonyl (C=O) groups is 1. The van der Waals surface area contributed by atoms with E-state index in [2.05, 4.69) is 10.2 Å². The molecule has 60 valence electrons. The predicted octanol–water partition coefficient (Wildman–Crippen LogP) is 0.566. The monoisotopic (exact) mass is 158 g/mol. The Balaban J connectivity index is 2.51. The molecule has 0 atom stereocenters. The third-order valence-electron chi connectivity index (χ3n) is 1.27. The van der Waals surface area contributed by atoms with Crippen molar-refractivity contribution in [3.8, 4) is 0 Å². The Kier molecular flexibility index (Phi) is 2.20. The van der Waals surface area contributed by atoms with Gasteiger partial charge in [0.2, 0.25) is 5.95 Å². The van der Waals surface area contributed by atoms with Crippen LogP contribution < -0.4 is 0 Å². The lowest BCUT2D eigenvalue weighted by Gasteiger charge is -1.90. The number of hydrogen-bond donors (Lipinski definition) is 2. The lowest BCUT2D eigenvalue weighted by atomic mass is 10.2. The molecular formula is C6H7FN2O2. The first kappa shape index (κ1) is 7.71. The summed E-state index contributed by atoms with van der Waals surface area (Å²) >= 11 is 0. The van der Waals surface area contributed by atoms with Gasteiger partial charge in [-0.1, -0.05) is 0 Å². The molecule has 0 spiro atoms. The molecule has 0 radical (unpaired) electrons. The van der Waals surface area contributed by atoms with Crippen molar-refractivity contribution in [1.29, 1.82) is 0 Å². The first-order valence-electron chi connectivity index (χ1n) is 3.09. The zero-order valence-electron chi connectivity index (χ0n) is 5.67. The smallest absolute Gasteiger partial charge is 0.303 e. The first-order valence-corrected chi connectivity index (χ1v) is 3.09. The Hall–Kier alpha value is -1.39. The topological polar surface area (TPSA) is 66.0 Å². The van der Waals surface area contributed by atoms with E-state index >= 15 is 0 Å². The standard InChI is InChI=1S/C6H7FN2O2/c7-6-4(3-8-9-6)1-2-5(10)11/h3H,1-2H2,(H,8,9)(H,10,11). The van der Waals surface area contributed by atoms with Crippen LogP contribution >= 0.6 is 0 Å². The van der Waals surface area contributed by atoms with Gasteiger partial charge in [0.25, 0.3) is 0 Å². The quantitative estimate of drug-likeness (QED) is 0.675. The number of aryl methyl sites for hydroxylation is 1. The lowest BCUT2D eigenvalue weighted by molar-refractivity contribution is -0.136. The maximum atomic E-state index is 12.5. The van der Waals surface area contributed by atoms with Crippen LogP contribution in [-0.4, -0.2) is 21.3 Å². The molecule has 1 aromatic rings. The number of carboxylic acid groups (broad SMARTS) is 1. The maximum absolute atomic E-state index is 12.5. The summed E-state index contributed by atoms with van der Waals surface area (Å²) in [6.45, 7) is 0. The molecule has 0 saturated carbocycles. The van der Waals surface area contributed by atoms with Gasteiger partial charge in [0.15, 0.2) is 0 Å². The molecule has 4 nitrogen and oxygen atoms in total. The van der Waals surface area contributed by atoms with E-state index in [-0.39, 0.29) is 12.8 Å². The van der Waals surface area contributed by atoms with Crippen molar-refractivity contribution in [2.75, 3.05) is 0 Å². The molecule has 0 bridgehead atoms. The Bertz CT molecular complexity index is 259. The number of H-pyrrole nitrogens is 1. The highest BCUT2D eigenvalue weighted by atomic mass is 19.1. The molecule has 1 heterocycles. The minimum Gasteiger partial charge on any atom is -0.481 e. The van der Waals surface area contributed by atoms with Crippen molar-refractivity contribution >= 4 is 5.97 Å². The fourth-order valence-electron chi connectivity index (χ4n) is 0.711. The lowest BCUT2D eigenvalue weighted by Crippen LogP contribution is -1.97. The van der Waals surface area contributed by atoms with E-state index in [9.17, 15) is 9.18 Å². The molecule has 2 N–H and O–H groups in total. The number of nitrogens with zero attached hydrogens (tertiary/aromatic N) is 1. The number of nitrogens with one attached hydrogen (secondary N) is 1. The van der Waals surface area contributed by atoms with E-state index in [1.54, 1.807) is 0 Å². The van der Waals surface area contributed by atoms with Crippen LogP contribution in [0.15, 0.2) is 6.20 Å². The summed E-state index contributed by atoms with van der Waals surface area (Å²) < 4.78 is 12.5. The van der Waals surface area contributed by atoms with Gasteiger partial charge in [0.1, 0.15) is 0 Å².